The first-order valence-electron chi connectivity index (χ1n) is 11.6. The predicted molar refractivity (Wildman–Crippen MR) is 126 cm³/mol. The standard InChI is InChI=1S/C27H34ClNO2/c1-25-11-20-12-26(2,16-25)18-27(13-20,17-25)29-14-19-8-9-23(24(10-19)30-3)31-15-21-6-4-5-7-22(21)28/h4-10,20,29H,11-18H2,1-3H3/t20?,25-,26+,27?. The van der Waals surface area contributed by atoms with E-state index in [2.05, 4.69) is 31.3 Å². The quantitative estimate of drug-likeness (QED) is 0.516. The molecule has 4 saturated carbocycles. The third kappa shape index (κ3) is 4.19. The van der Waals surface area contributed by atoms with Crippen molar-refractivity contribution >= 4 is 11.6 Å². The van der Waals surface area contributed by atoms with Gasteiger partial charge in [0.2, 0.25) is 0 Å². The number of hydrogen-bond donors (Lipinski definition) is 1. The SMILES string of the molecule is COc1cc(CNC23CC4C[C@@](C)(C2)C[C@](C)(C4)C3)ccc1OCc1ccccc1Cl. The number of halogens is 1. The lowest BCUT2D eigenvalue weighted by Crippen LogP contribution is -2.63. The average Bonchev–Trinajstić information content (AvgIpc) is 2.69. The van der Waals surface area contributed by atoms with Crippen molar-refractivity contribution in [3.63, 3.8) is 0 Å². The minimum atomic E-state index is 0.301. The Balaban J connectivity index is 1.27. The van der Waals surface area contributed by atoms with Crippen molar-refractivity contribution in [1.82, 2.24) is 5.32 Å². The highest BCUT2D eigenvalue weighted by Gasteiger charge is 2.59. The van der Waals surface area contributed by atoms with E-state index in [4.69, 9.17) is 21.1 Å². The monoisotopic (exact) mass is 439 g/mol. The summed E-state index contributed by atoms with van der Waals surface area (Å²) in [6.45, 7) is 6.36. The molecule has 4 aliphatic carbocycles. The first-order chi connectivity index (χ1) is 14.8. The summed E-state index contributed by atoms with van der Waals surface area (Å²) >= 11 is 6.26. The van der Waals surface area contributed by atoms with Gasteiger partial charge in [0.15, 0.2) is 11.5 Å². The van der Waals surface area contributed by atoms with E-state index >= 15 is 0 Å². The van der Waals surface area contributed by atoms with Crippen LogP contribution >= 0.6 is 11.6 Å². The molecule has 6 rings (SSSR count). The smallest absolute Gasteiger partial charge is 0.161 e. The van der Waals surface area contributed by atoms with Gasteiger partial charge in [-0.3, -0.25) is 0 Å². The molecule has 0 saturated heterocycles. The molecule has 2 unspecified atom stereocenters. The molecule has 4 atom stereocenters. The minimum absolute atomic E-state index is 0.301. The van der Waals surface area contributed by atoms with Crippen LogP contribution in [-0.2, 0) is 13.2 Å². The number of nitrogens with one attached hydrogen (secondary N) is 1. The van der Waals surface area contributed by atoms with Crippen molar-refractivity contribution in [3.05, 3.63) is 58.6 Å². The average molecular weight is 440 g/mol. The molecule has 0 aliphatic heterocycles. The van der Waals surface area contributed by atoms with Crippen LogP contribution in [0, 0.1) is 16.7 Å². The fourth-order valence-corrected chi connectivity index (χ4v) is 7.84. The maximum Gasteiger partial charge on any atom is 0.161 e. The zero-order chi connectivity index (χ0) is 21.7. The van der Waals surface area contributed by atoms with Crippen molar-refractivity contribution in [2.45, 2.75) is 71.1 Å². The number of hydrogen-bond acceptors (Lipinski definition) is 3. The van der Waals surface area contributed by atoms with E-state index in [1.807, 2.05) is 30.3 Å². The van der Waals surface area contributed by atoms with E-state index in [1.165, 1.54) is 44.1 Å². The first-order valence-corrected chi connectivity index (χ1v) is 12.0. The van der Waals surface area contributed by atoms with Crippen molar-refractivity contribution in [2.24, 2.45) is 16.7 Å². The summed E-state index contributed by atoms with van der Waals surface area (Å²) in [5.41, 5.74) is 3.56. The molecule has 31 heavy (non-hydrogen) atoms. The molecule has 4 heteroatoms. The van der Waals surface area contributed by atoms with Gasteiger partial charge >= 0.3 is 0 Å². The van der Waals surface area contributed by atoms with E-state index in [9.17, 15) is 0 Å². The van der Waals surface area contributed by atoms with Crippen molar-refractivity contribution in [1.29, 1.82) is 0 Å². The van der Waals surface area contributed by atoms with E-state index < -0.39 is 0 Å². The lowest BCUT2D eigenvalue weighted by Gasteiger charge is -2.65. The molecule has 3 nitrogen and oxygen atoms in total. The molecule has 0 radical (unpaired) electrons. The van der Waals surface area contributed by atoms with Crippen LogP contribution in [0.15, 0.2) is 42.5 Å². The summed E-state index contributed by atoms with van der Waals surface area (Å²) in [5, 5.41) is 4.74. The van der Waals surface area contributed by atoms with Crippen LogP contribution < -0.4 is 14.8 Å². The van der Waals surface area contributed by atoms with Crippen LogP contribution in [0.3, 0.4) is 0 Å². The van der Waals surface area contributed by atoms with Crippen LogP contribution in [0.5, 0.6) is 11.5 Å². The Kier molecular flexibility index (Phi) is 5.26. The highest BCUT2D eigenvalue weighted by atomic mass is 35.5. The first kappa shape index (κ1) is 21.2. The second kappa shape index (κ2) is 7.71. The van der Waals surface area contributed by atoms with Crippen molar-refractivity contribution < 1.29 is 9.47 Å². The van der Waals surface area contributed by atoms with Gasteiger partial charge in [0.25, 0.3) is 0 Å². The van der Waals surface area contributed by atoms with Crippen LogP contribution in [0.4, 0.5) is 0 Å². The lowest BCUT2D eigenvalue weighted by atomic mass is 9.43. The van der Waals surface area contributed by atoms with Crippen molar-refractivity contribution in [3.8, 4) is 11.5 Å². The lowest BCUT2D eigenvalue weighted by molar-refractivity contribution is -0.118. The summed E-state index contributed by atoms with van der Waals surface area (Å²) in [4.78, 5) is 0. The van der Waals surface area contributed by atoms with Crippen LogP contribution in [0.25, 0.3) is 0 Å². The molecule has 2 aromatic rings. The molecule has 0 spiro atoms. The molecule has 4 fully saturated rings. The van der Waals surface area contributed by atoms with Gasteiger partial charge in [-0.05, 0) is 79.0 Å². The molecule has 0 amide bonds. The minimum Gasteiger partial charge on any atom is -0.493 e. The summed E-state index contributed by atoms with van der Waals surface area (Å²) in [6, 6.07) is 14.1. The topological polar surface area (TPSA) is 30.5 Å². The summed E-state index contributed by atoms with van der Waals surface area (Å²) in [6.07, 6.45) is 8.25. The van der Waals surface area contributed by atoms with Gasteiger partial charge in [0.1, 0.15) is 6.61 Å². The molecule has 4 aliphatic rings. The second-order valence-corrected chi connectivity index (χ2v) is 11.5. The highest BCUT2D eigenvalue weighted by Crippen LogP contribution is 2.66. The summed E-state index contributed by atoms with van der Waals surface area (Å²) in [7, 11) is 1.70. The number of benzene rings is 2. The number of methoxy groups -OCH3 is 1. The van der Waals surface area contributed by atoms with Gasteiger partial charge < -0.3 is 14.8 Å². The van der Waals surface area contributed by atoms with Crippen LogP contribution in [0.1, 0.15) is 63.5 Å². The Bertz CT molecular complexity index is 955. The largest absolute Gasteiger partial charge is 0.493 e. The molecule has 4 bridgehead atoms. The normalized spacial score (nSPS) is 33.5. The Morgan fingerprint density at radius 2 is 1.71 bits per heavy atom. The number of ether oxygens (including phenoxy) is 2. The zero-order valence-corrected chi connectivity index (χ0v) is 19.7. The third-order valence-electron chi connectivity index (χ3n) is 7.86. The van der Waals surface area contributed by atoms with E-state index in [0.717, 1.165) is 34.5 Å². The molecule has 2 aromatic carbocycles. The van der Waals surface area contributed by atoms with Crippen LogP contribution in [-0.4, -0.2) is 12.6 Å². The Labute approximate surface area is 191 Å². The maximum absolute atomic E-state index is 6.26. The fraction of sp³-hybridized carbons (Fsp3) is 0.556. The molecule has 0 heterocycles. The Morgan fingerprint density at radius 1 is 0.968 bits per heavy atom. The molecule has 1 N–H and O–H groups in total. The predicted octanol–water partition coefficient (Wildman–Crippen LogP) is 6.77. The molecule has 0 aromatic heterocycles. The zero-order valence-electron chi connectivity index (χ0n) is 19.0. The van der Waals surface area contributed by atoms with Crippen molar-refractivity contribution in [2.75, 3.05) is 7.11 Å². The van der Waals surface area contributed by atoms with Crippen LogP contribution in [0.2, 0.25) is 5.02 Å². The Hall–Kier alpha value is -1.71. The summed E-state index contributed by atoms with van der Waals surface area (Å²) in [5.74, 6) is 2.42. The molecular weight excluding hydrogens is 406 g/mol. The summed E-state index contributed by atoms with van der Waals surface area (Å²) < 4.78 is 11.7. The molecule has 166 valence electrons. The van der Waals surface area contributed by atoms with Gasteiger partial charge in [0, 0.05) is 22.7 Å². The van der Waals surface area contributed by atoms with E-state index in [0.29, 0.717) is 23.0 Å². The van der Waals surface area contributed by atoms with E-state index in [1.54, 1.807) is 7.11 Å². The maximum atomic E-state index is 6.26. The Morgan fingerprint density at radius 3 is 2.39 bits per heavy atom. The highest BCUT2D eigenvalue weighted by molar-refractivity contribution is 6.31. The van der Waals surface area contributed by atoms with Gasteiger partial charge in [-0.15, -0.1) is 0 Å². The van der Waals surface area contributed by atoms with Gasteiger partial charge in [-0.1, -0.05) is 49.7 Å². The fourth-order valence-electron chi connectivity index (χ4n) is 7.65. The number of rotatable bonds is 7. The molecular formula is C27H34ClNO2. The van der Waals surface area contributed by atoms with Gasteiger partial charge in [-0.25, -0.2) is 0 Å². The van der Waals surface area contributed by atoms with Gasteiger partial charge in [-0.2, -0.15) is 0 Å². The second-order valence-electron chi connectivity index (χ2n) is 11.1. The van der Waals surface area contributed by atoms with E-state index in [-0.39, 0.29) is 0 Å². The van der Waals surface area contributed by atoms with Gasteiger partial charge in [0.05, 0.1) is 7.11 Å². The third-order valence-corrected chi connectivity index (χ3v) is 8.23.